The number of halogens is 3. The first kappa shape index (κ1) is 10.7. The fraction of sp³-hybridized carbons (Fsp3) is 0.364. The Labute approximate surface area is 94.6 Å². The van der Waals surface area contributed by atoms with E-state index >= 15 is 0 Å². The maximum atomic E-state index is 13.5. The number of ketones is 1. The van der Waals surface area contributed by atoms with Gasteiger partial charge in [0.1, 0.15) is 5.82 Å². The van der Waals surface area contributed by atoms with E-state index in [0.29, 0.717) is 5.92 Å². The lowest BCUT2D eigenvalue weighted by molar-refractivity contribution is 0.0967. The smallest absolute Gasteiger partial charge is 0.169 e. The van der Waals surface area contributed by atoms with Gasteiger partial charge in [-0.3, -0.25) is 4.79 Å². The Morgan fingerprint density at radius 1 is 1.40 bits per heavy atom. The number of rotatable bonds is 3. The van der Waals surface area contributed by atoms with Crippen molar-refractivity contribution in [1.29, 1.82) is 0 Å². The van der Waals surface area contributed by atoms with Gasteiger partial charge in [-0.15, -0.1) is 0 Å². The minimum Gasteiger partial charge on any atom is -0.294 e. The molecule has 2 rings (SSSR count). The molecule has 0 atom stereocenters. The molecule has 0 spiro atoms. The van der Waals surface area contributed by atoms with E-state index in [-0.39, 0.29) is 10.9 Å². The summed E-state index contributed by atoms with van der Waals surface area (Å²) in [5.41, 5.74) is -0.406. The fourth-order valence-corrected chi connectivity index (χ4v) is 1.80. The minimum atomic E-state index is -0.791. The van der Waals surface area contributed by atoms with Gasteiger partial charge in [-0.05, 0) is 46.8 Å². The maximum Gasteiger partial charge on any atom is 0.169 e. The number of hydrogen-bond acceptors (Lipinski definition) is 1. The average Bonchev–Trinajstić information content (AvgIpc) is 2.96. The standard InChI is InChI=1S/C11H9BrF2O/c12-7-3-4-8(13)10(11(7)14)9(15)5-6-1-2-6/h3-4,6H,1-2,5H2. The molecule has 80 valence electrons. The third kappa shape index (κ3) is 2.25. The van der Waals surface area contributed by atoms with Crippen LogP contribution < -0.4 is 0 Å². The predicted molar refractivity (Wildman–Crippen MR) is 55.7 cm³/mol. The van der Waals surface area contributed by atoms with E-state index in [0.717, 1.165) is 18.9 Å². The summed E-state index contributed by atoms with van der Waals surface area (Å²) in [4.78, 5) is 11.6. The zero-order valence-corrected chi connectivity index (χ0v) is 9.48. The summed E-state index contributed by atoms with van der Waals surface area (Å²) in [5, 5.41) is 0. The summed E-state index contributed by atoms with van der Waals surface area (Å²) < 4.78 is 26.9. The van der Waals surface area contributed by atoms with Crippen molar-refractivity contribution in [1.82, 2.24) is 0 Å². The first-order valence-electron chi connectivity index (χ1n) is 4.76. The molecule has 1 aromatic rings. The van der Waals surface area contributed by atoms with Crippen molar-refractivity contribution in [2.45, 2.75) is 19.3 Å². The number of hydrogen-bond donors (Lipinski definition) is 0. The second-order valence-corrected chi connectivity index (χ2v) is 4.64. The van der Waals surface area contributed by atoms with Crippen molar-refractivity contribution in [2.75, 3.05) is 0 Å². The minimum absolute atomic E-state index is 0.128. The van der Waals surface area contributed by atoms with Crippen molar-refractivity contribution in [3.05, 3.63) is 33.8 Å². The van der Waals surface area contributed by atoms with Crippen molar-refractivity contribution < 1.29 is 13.6 Å². The number of carbonyl (C=O) groups is 1. The Bertz CT molecular complexity index is 413. The van der Waals surface area contributed by atoms with Gasteiger partial charge in [0.15, 0.2) is 11.6 Å². The molecule has 0 aromatic heterocycles. The molecule has 1 aliphatic rings. The lowest BCUT2D eigenvalue weighted by atomic mass is 10.0. The molecule has 1 aliphatic carbocycles. The van der Waals surface area contributed by atoms with Crippen LogP contribution in [0, 0.1) is 17.6 Å². The van der Waals surface area contributed by atoms with Gasteiger partial charge in [0.05, 0.1) is 10.0 Å². The van der Waals surface area contributed by atoms with E-state index in [2.05, 4.69) is 15.9 Å². The van der Waals surface area contributed by atoms with Gasteiger partial charge in [-0.1, -0.05) is 0 Å². The van der Waals surface area contributed by atoms with Crippen molar-refractivity contribution in [3.63, 3.8) is 0 Å². The van der Waals surface area contributed by atoms with E-state index < -0.39 is 23.0 Å². The van der Waals surface area contributed by atoms with Crippen molar-refractivity contribution in [2.24, 2.45) is 5.92 Å². The van der Waals surface area contributed by atoms with Gasteiger partial charge in [-0.25, -0.2) is 8.78 Å². The van der Waals surface area contributed by atoms with Crippen LogP contribution in [-0.2, 0) is 0 Å². The third-order valence-electron chi connectivity index (χ3n) is 2.49. The fourth-order valence-electron chi connectivity index (χ4n) is 1.47. The molecule has 0 saturated heterocycles. The summed E-state index contributed by atoms with van der Waals surface area (Å²) in [6.07, 6.45) is 2.23. The molecule has 0 radical (unpaired) electrons. The van der Waals surface area contributed by atoms with Gasteiger partial charge >= 0.3 is 0 Å². The quantitative estimate of drug-likeness (QED) is 0.607. The molecule has 1 nitrogen and oxygen atoms in total. The monoisotopic (exact) mass is 274 g/mol. The third-order valence-corrected chi connectivity index (χ3v) is 3.11. The highest BCUT2D eigenvalue weighted by molar-refractivity contribution is 9.10. The van der Waals surface area contributed by atoms with Gasteiger partial charge in [0.2, 0.25) is 0 Å². The largest absolute Gasteiger partial charge is 0.294 e. The van der Waals surface area contributed by atoms with E-state index in [1.54, 1.807) is 0 Å². The molecule has 0 heterocycles. The summed E-state index contributed by atoms with van der Waals surface area (Å²) in [6.45, 7) is 0. The van der Waals surface area contributed by atoms with Gasteiger partial charge in [0, 0.05) is 6.42 Å². The van der Waals surface area contributed by atoms with E-state index in [9.17, 15) is 13.6 Å². The molecular formula is C11H9BrF2O. The highest BCUT2D eigenvalue weighted by Crippen LogP contribution is 2.34. The van der Waals surface area contributed by atoms with Crippen LogP contribution >= 0.6 is 15.9 Å². The second kappa shape index (κ2) is 4.00. The molecule has 1 fully saturated rings. The molecule has 0 N–H and O–H groups in total. The average molecular weight is 275 g/mol. The SMILES string of the molecule is O=C(CC1CC1)c1c(F)ccc(Br)c1F. The summed E-state index contributed by atoms with van der Waals surface area (Å²) in [6, 6.07) is 2.37. The van der Waals surface area contributed by atoms with Crippen LogP contribution in [0.3, 0.4) is 0 Å². The first-order valence-corrected chi connectivity index (χ1v) is 5.55. The molecule has 0 amide bonds. The molecule has 4 heteroatoms. The summed E-state index contributed by atoms with van der Waals surface area (Å²) in [7, 11) is 0. The lowest BCUT2D eigenvalue weighted by Gasteiger charge is -2.04. The van der Waals surface area contributed by atoms with Crippen LogP contribution in [-0.4, -0.2) is 5.78 Å². The van der Waals surface area contributed by atoms with E-state index in [1.165, 1.54) is 6.07 Å². The molecule has 0 bridgehead atoms. The summed E-state index contributed by atoms with van der Waals surface area (Å²) in [5.74, 6) is -1.67. The predicted octanol–water partition coefficient (Wildman–Crippen LogP) is 3.71. The normalized spacial score (nSPS) is 15.4. The van der Waals surface area contributed by atoms with Crippen LogP contribution in [0.15, 0.2) is 16.6 Å². The molecule has 0 aliphatic heterocycles. The number of Topliss-reactive ketones (excluding diaryl/α,β-unsaturated/α-hetero) is 1. The van der Waals surface area contributed by atoms with Crippen molar-refractivity contribution >= 4 is 21.7 Å². The van der Waals surface area contributed by atoms with Crippen LogP contribution in [0.25, 0.3) is 0 Å². The van der Waals surface area contributed by atoms with E-state index in [4.69, 9.17) is 0 Å². The molecule has 15 heavy (non-hydrogen) atoms. The molecular weight excluding hydrogens is 266 g/mol. The Kier molecular flexibility index (Phi) is 2.87. The number of carbonyl (C=O) groups excluding carboxylic acids is 1. The topological polar surface area (TPSA) is 17.1 Å². The van der Waals surface area contributed by atoms with Gasteiger partial charge in [-0.2, -0.15) is 0 Å². The Hall–Kier alpha value is -0.770. The summed E-state index contributed by atoms with van der Waals surface area (Å²) >= 11 is 2.94. The molecule has 0 unspecified atom stereocenters. The molecule has 1 saturated carbocycles. The highest BCUT2D eigenvalue weighted by Gasteiger charge is 2.28. The maximum absolute atomic E-state index is 13.5. The second-order valence-electron chi connectivity index (χ2n) is 3.79. The Morgan fingerprint density at radius 3 is 2.67 bits per heavy atom. The van der Waals surface area contributed by atoms with E-state index in [1.807, 2.05) is 0 Å². The first-order chi connectivity index (χ1) is 7.09. The van der Waals surface area contributed by atoms with Crippen molar-refractivity contribution in [3.8, 4) is 0 Å². The number of benzene rings is 1. The van der Waals surface area contributed by atoms with Crippen LogP contribution in [0.4, 0.5) is 8.78 Å². The molecule has 1 aromatic carbocycles. The van der Waals surface area contributed by atoms with Crippen LogP contribution in [0.2, 0.25) is 0 Å². The lowest BCUT2D eigenvalue weighted by Crippen LogP contribution is -2.07. The van der Waals surface area contributed by atoms with Gasteiger partial charge in [0.25, 0.3) is 0 Å². The highest BCUT2D eigenvalue weighted by atomic mass is 79.9. The zero-order valence-electron chi connectivity index (χ0n) is 7.90. The zero-order chi connectivity index (χ0) is 11.0. The Morgan fingerprint density at radius 2 is 2.07 bits per heavy atom. The van der Waals surface area contributed by atoms with Crippen LogP contribution in [0.5, 0.6) is 0 Å². The van der Waals surface area contributed by atoms with Crippen LogP contribution in [0.1, 0.15) is 29.6 Å². The van der Waals surface area contributed by atoms with Gasteiger partial charge < -0.3 is 0 Å². The Balaban J connectivity index is 2.32.